The minimum absolute atomic E-state index is 0.00434. The minimum Gasteiger partial charge on any atom is -0.431 e. The second-order valence-corrected chi connectivity index (χ2v) is 13.6. The Morgan fingerprint density at radius 3 is 0.963 bits per heavy atom. The Morgan fingerprint density at radius 1 is 0.407 bits per heavy atom. The molecule has 54 heavy (non-hydrogen) atoms. The standard InChI is InChI=1S/C36H14F12I2N2O2/c37-33(38,39)17-9-15(10-18(13-17)34(40,41)42)21-5-1-3-7-23(21)25-27-30(54-31(49)51-27)26(28-29(25)53-32(50)52-28)24-8-4-2-6-22(24)16-11-19(35(43,44)45)14-20(12-16)36(46,47)48/h1-14H. The van der Waals surface area contributed by atoms with Crippen molar-refractivity contribution in [2.45, 2.75) is 24.7 Å². The number of rotatable bonds is 4. The highest BCUT2D eigenvalue weighted by Gasteiger charge is 2.39. The predicted molar refractivity (Wildman–Crippen MR) is 189 cm³/mol. The fourth-order valence-corrected chi connectivity index (χ4v) is 7.03. The molecule has 5 aromatic carbocycles. The number of fused-ring (bicyclic) bond motifs is 2. The van der Waals surface area contributed by atoms with Crippen LogP contribution in [-0.4, -0.2) is 9.97 Å². The number of alkyl halides is 12. The van der Waals surface area contributed by atoms with Crippen LogP contribution in [0.5, 0.6) is 0 Å². The lowest BCUT2D eigenvalue weighted by atomic mass is 9.88. The quantitative estimate of drug-likeness (QED) is 0.130. The third-order valence-electron chi connectivity index (χ3n) is 8.32. The maximum atomic E-state index is 13.9. The van der Waals surface area contributed by atoms with Crippen molar-refractivity contribution in [2.24, 2.45) is 0 Å². The molecule has 2 heterocycles. The number of hydrogen-bond acceptors (Lipinski definition) is 4. The Balaban J connectivity index is 1.55. The molecule has 0 aliphatic heterocycles. The van der Waals surface area contributed by atoms with E-state index in [2.05, 4.69) is 9.97 Å². The second-order valence-electron chi connectivity index (χ2n) is 11.7. The molecule has 7 rings (SSSR count). The lowest BCUT2D eigenvalue weighted by Gasteiger charge is -2.18. The van der Waals surface area contributed by atoms with Crippen LogP contribution < -0.4 is 0 Å². The molecule has 0 saturated heterocycles. The topological polar surface area (TPSA) is 52.1 Å². The van der Waals surface area contributed by atoms with Crippen molar-refractivity contribution in [2.75, 3.05) is 0 Å². The number of aromatic nitrogens is 2. The van der Waals surface area contributed by atoms with Gasteiger partial charge < -0.3 is 8.83 Å². The zero-order valence-electron chi connectivity index (χ0n) is 26.1. The highest BCUT2D eigenvalue weighted by Crippen LogP contribution is 2.50. The summed E-state index contributed by atoms with van der Waals surface area (Å²) < 4.78 is 179. The molecule has 0 aliphatic carbocycles. The van der Waals surface area contributed by atoms with Gasteiger partial charge in [0, 0.05) is 45.2 Å². The molecule has 0 aliphatic rings. The highest BCUT2D eigenvalue weighted by atomic mass is 127. The molecule has 2 aromatic heterocycles. The van der Waals surface area contributed by atoms with E-state index in [9.17, 15) is 52.7 Å². The molecule has 0 saturated carbocycles. The Labute approximate surface area is 321 Å². The molecule has 0 bridgehead atoms. The highest BCUT2D eigenvalue weighted by molar-refractivity contribution is 14.1. The first-order chi connectivity index (χ1) is 25.1. The summed E-state index contributed by atoms with van der Waals surface area (Å²) in [7, 11) is 0. The summed E-state index contributed by atoms with van der Waals surface area (Å²) >= 11 is 3.40. The average Bonchev–Trinajstić information content (AvgIpc) is 3.66. The molecule has 0 spiro atoms. The predicted octanol–water partition coefficient (Wildman–Crippen LogP) is 13.9. The molecule has 0 unspecified atom stereocenters. The zero-order chi connectivity index (χ0) is 39.1. The summed E-state index contributed by atoms with van der Waals surface area (Å²) in [5.41, 5.74) is -7.47. The van der Waals surface area contributed by atoms with Crippen molar-refractivity contribution >= 4 is 67.4 Å². The molecule has 0 N–H and O–H groups in total. The van der Waals surface area contributed by atoms with E-state index < -0.39 is 58.1 Å². The van der Waals surface area contributed by atoms with Crippen molar-refractivity contribution in [1.82, 2.24) is 9.97 Å². The second kappa shape index (κ2) is 13.2. The molecule has 4 nitrogen and oxygen atoms in total. The van der Waals surface area contributed by atoms with Crippen molar-refractivity contribution in [3.05, 3.63) is 115 Å². The van der Waals surface area contributed by atoms with Crippen molar-refractivity contribution in [3.63, 3.8) is 0 Å². The molecule has 0 fully saturated rings. The summed E-state index contributed by atoms with van der Waals surface area (Å²) in [5, 5.41) is 0. The normalized spacial score (nSPS) is 13.0. The van der Waals surface area contributed by atoms with E-state index >= 15 is 0 Å². The SMILES string of the molecule is FC(F)(F)c1cc(-c2ccccc2-c2c3nc(I)oc3c(-c3ccccc3-c3cc(C(F)(F)F)cc(C(F)(F)F)c3)c3nc(I)oc23)cc(C(F)(F)F)c1. The van der Waals surface area contributed by atoms with Crippen LogP contribution in [0.4, 0.5) is 52.7 Å². The van der Waals surface area contributed by atoms with Gasteiger partial charge in [-0.15, -0.1) is 0 Å². The van der Waals surface area contributed by atoms with E-state index in [-0.39, 0.29) is 75.5 Å². The maximum absolute atomic E-state index is 13.9. The van der Waals surface area contributed by atoms with Gasteiger partial charge in [-0.2, -0.15) is 52.7 Å². The molecular weight excluding hydrogens is 974 g/mol. The molecular formula is C36H14F12I2N2O2. The van der Waals surface area contributed by atoms with Crippen LogP contribution in [-0.2, 0) is 24.7 Å². The lowest BCUT2D eigenvalue weighted by molar-refractivity contribution is -0.144. The maximum Gasteiger partial charge on any atom is 0.416 e. The van der Waals surface area contributed by atoms with Gasteiger partial charge in [-0.05, 0) is 69.8 Å². The van der Waals surface area contributed by atoms with Gasteiger partial charge in [-0.25, -0.2) is 9.97 Å². The zero-order valence-corrected chi connectivity index (χ0v) is 30.4. The van der Waals surface area contributed by atoms with Gasteiger partial charge in [0.2, 0.25) is 0 Å². The van der Waals surface area contributed by atoms with Gasteiger partial charge in [-0.1, -0.05) is 48.5 Å². The summed E-state index contributed by atoms with van der Waals surface area (Å²) in [6.07, 6.45) is -20.6. The van der Waals surface area contributed by atoms with E-state index in [1.165, 1.54) is 48.5 Å². The van der Waals surface area contributed by atoms with Crippen LogP contribution in [0.15, 0.2) is 93.8 Å². The number of benzene rings is 5. The summed E-state index contributed by atoms with van der Waals surface area (Å²) in [5.74, 6) is 0. The van der Waals surface area contributed by atoms with Crippen molar-refractivity contribution < 1.29 is 61.5 Å². The molecule has 0 atom stereocenters. The lowest BCUT2D eigenvalue weighted by Crippen LogP contribution is -2.11. The van der Waals surface area contributed by atoms with Gasteiger partial charge in [0.25, 0.3) is 7.79 Å². The third kappa shape index (κ3) is 7.01. The number of oxazole rings is 2. The fourth-order valence-electron chi connectivity index (χ4n) is 6.11. The van der Waals surface area contributed by atoms with Crippen LogP contribution >= 0.6 is 45.2 Å². The first-order valence-electron chi connectivity index (χ1n) is 15.0. The summed E-state index contributed by atoms with van der Waals surface area (Å²) in [4.78, 5) is 8.90. The monoisotopic (exact) mass is 988 g/mol. The van der Waals surface area contributed by atoms with Crippen LogP contribution in [0.25, 0.3) is 66.7 Å². The van der Waals surface area contributed by atoms with Gasteiger partial charge in [-0.3, -0.25) is 0 Å². The number of nitrogens with zero attached hydrogens (tertiary/aromatic N) is 2. The molecule has 278 valence electrons. The Morgan fingerprint density at radius 2 is 0.685 bits per heavy atom. The Hall–Kier alpha value is -4.34. The Kier molecular flexibility index (Phi) is 9.25. The average molecular weight is 988 g/mol. The van der Waals surface area contributed by atoms with Gasteiger partial charge in [0.1, 0.15) is 11.0 Å². The van der Waals surface area contributed by atoms with E-state index in [0.29, 0.717) is 24.3 Å². The van der Waals surface area contributed by atoms with Crippen LogP contribution in [0.2, 0.25) is 0 Å². The minimum atomic E-state index is -5.15. The molecule has 0 radical (unpaired) electrons. The fraction of sp³-hybridized carbons (Fsp3) is 0.111. The van der Waals surface area contributed by atoms with Crippen LogP contribution in [0, 0.1) is 7.79 Å². The molecule has 0 amide bonds. The molecule has 18 heteroatoms. The van der Waals surface area contributed by atoms with E-state index in [0.717, 1.165) is 0 Å². The Bertz CT molecular complexity index is 2300. The van der Waals surface area contributed by atoms with Crippen LogP contribution in [0.3, 0.4) is 0 Å². The van der Waals surface area contributed by atoms with E-state index in [1.54, 1.807) is 45.2 Å². The van der Waals surface area contributed by atoms with Gasteiger partial charge in [0.05, 0.1) is 33.4 Å². The first-order valence-corrected chi connectivity index (χ1v) is 17.1. The van der Waals surface area contributed by atoms with E-state index in [4.69, 9.17) is 8.83 Å². The third-order valence-corrected chi connectivity index (χ3v) is 9.24. The number of halogens is 14. The van der Waals surface area contributed by atoms with Crippen molar-refractivity contribution in [1.29, 1.82) is 0 Å². The van der Waals surface area contributed by atoms with Gasteiger partial charge in [0.15, 0.2) is 11.2 Å². The summed E-state index contributed by atoms with van der Waals surface area (Å²) in [6.45, 7) is 0. The molecule has 7 aromatic rings. The smallest absolute Gasteiger partial charge is 0.416 e. The largest absolute Gasteiger partial charge is 0.431 e. The van der Waals surface area contributed by atoms with Gasteiger partial charge >= 0.3 is 24.7 Å². The van der Waals surface area contributed by atoms with Crippen molar-refractivity contribution in [3.8, 4) is 44.5 Å². The number of hydrogen-bond donors (Lipinski definition) is 0. The summed E-state index contributed by atoms with van der Waals surface area (Å²) in [6, 6.07) is 13.4. The first kappa shape index (κ1) is 38.0. The van der Waals surface area contributed by atoms with E-state index in [1.807, 2.05) is 0 Å². The van der Waals surface area contributed by atoms with Crippen LogP contribution in [0.1, 0.15) is 22.3 Å².